The number of rotatable bonds is 5. The summed E-state index contributed by atoms with van der Waals surface area (Å²) in [4.78, 5) is 15.9. The van der Waals surface area contributed by atoms with E-state index in [1.807, 2.05) is 12.1 Å². The third-order valence-electron chi connectivity index (χ3n) is 2.55. The first-order valence-corrected chi connectivity index (χ1v) is 5.74. The van der Waals surface area contributed by atoms with E-state index in [0.29, 0.717) is 24.3 Å². The van der Waals surface area contributed by atoms with E-state index in [1.165, 1.54) is 0 Å². The van der Waals surface area contributed by atoms with Crippen LogP contribution in [0.25, 0.3) is 0 Å². The number of ketones is 1. The number of pyridine rings is 1. The Balaban J connectivity index is 1.86. The van der Waals surface area contributed by atoms with Crippen molar-refractivity contribution in [1.82, 2.24) is 10.3 Å². The third-order valence-corrected chi connectivity index (χ3v) is 2.55. The number of carbonyl (C=O) groups excluding carboxylic acids is 1. The van der Waals surface area contributed by atoms with E-state index in [1.54, 1.807) is 36.7 Å². The lowest BCUT2D eigenvalue weighted by atomic mass is 10.1. The van der Waals surface area contributed by atoms with Gasteiger partial charge in [0.05, 0.1) is 6.54 Å². The minimum absolute atomic E-state index is 0.0335. The van der Waals surface area contributed by atoms with Gasteiger partial charge in [0, 0.05) is 30.2 Å². The Bertz CT molecular complexity index is 526. The van der Waals surface area contributed by atoms with Crippen LogP contribution in [0.3, 0.4) is 0 Å². The fourth-order valence-electron chi connectivity index (χ4n) is 1.64. The van der Waals surface area contributed by atoms with Gasteiger partial charge in [0.1, 0.15) is 0 Å². The van der Waals surface area contributed by atoms with Crippen molar-refractivity contribution in [2.75, 3.05) is 12.3 Å². The van der Waals surface area contributed by atoms with E-state index < -0.39 is 0 Å². The number of nitrogens with one attached hydrogen (secondary N) is 1. The molecule has 0 aliphatic rings. The second kappa shape index (κ2) is 5.93. The van der Waals surface area contributed by atoms with Crippen LogP contribution in [-0.4, -0.2) is 17.3 Å². The maximum Gasteiger partial charge on any atom is 0.176 e. The van der Waals surface area contributed by atoms with Crippen molar-refractivity contribution < 1.29 is 4.79 Å². The van der Waals surface area contributed by atoms with Crippen molar-refractivity contribution in [3.05, 3.63) is 59.9 Å². The number of hydrogen-bond acceptors (Lipinski definition) is 4. The molecule has 4 nitrogen and oxygen atoms in total. The second-order valence-electron chi connectivity index (χ2n) is 4.01. The average Bonchev–Trinajstić information content (AvgIpc) is 2.40. The van der Waals surface area contributed by atoms with Gasteiger partial charge in [-0.05, 0) is 23.8 Å². The minimum Gasteiger partial charge on any atom is -0.399 e. The Labute approximate surface area is 106 Å². The maximum atomic E-state index is 11.9. The lowest BCUT2D eigenvalue weighted by molar-refractivity contribution is 0.0991. The largest absolute Gasteiger partial charge is 0.399 e. The summed E-state index contributed by atoms with van der Waals surface area (Å²) in [5, 5.41) is 3.09. The molecule has 18 heavy (non-hydrogen) atoms. The second-order valence-corrected chi connectivity index (χ2v) is 4.01. The zero-order valence-electron chi connectivity index (χ0n) is 9.97. The van der Waals surface area contributed by atoms with Crippen molar-refractivity contribution in [2.45, 2.75) is 6.54 Å². The first-order chi connectivity index (χ1) is 8.75. The SMILES string of the molecule is Nc1cccc(C(=O)CNCc2cccnc2)c1. The molecule has 0 aliphatic carbocycles. The maximum absolute atomic E-state index is 11.9. The molecular weight excluding hydrogens is 226 g/mol. The molecule has 92 valence electrons. The molecule has 0 atom stereocenters. The van der Waals surface area contributed by atoms with Crippen LogP contribution in [0.4, 0.5) is 5.69 Å². The van der Waals surface area contributed by atoms with Crippen molar-refractivity contribution in [1.29, 1.82) is 0 Å². The number of nitrogen functional groups attached to an aromatic ring is 1. The highest BCUT2D eigenvalue weighted by atomic mass is 16.1. The van der Waals surface area contributed by atoms with Crippen LogP contribution in [0.5, 0.6) is 0 Å². The lowest BCUT2D eigenvalue weighted by Crippen LogP contribution is -2.22. The molecule has 3 N–H and O–H groups in total. The highest BCUT2D eigenvalue weighted by Crippen LogP contribution is 2.06. The fraction of sp³-hybridized carbons (Fsp3) is 0.143. The number of aromatic nitrogens is 1. The van der Waals surface area contributed by atoms with Gasteiger partial charge in [-0.3, -0.25) is 9.78 Å². The molecule has 1 heterocycles. The molecule has 2 rings (SSSR count). The van der Waals surface area contributed by atoms with Crippen LogP contribution in [0, 0.1) is 0 Å². The number of hydrogen-bond donors (Lipinski definition) is 2. The minimum atomic E-state index is 0.0335. The molecule has 0 spiro atoms. The fourth-order valence-corrected chi connectivity index (χ4v) is 1.64. The van der Waals surface area contributed by atoms with Gasteiger partial charge in [0.25, 0.3) is 0 Å². The molecule has 0 bridgehead atoms. The summed E-state index contributed by atoms with van der Waals surface area (Å²) >= 11 is 0. The number of benzene rings is 1. The first-order valence-electron chi connectivity index (χ1n) is 5.74. The Morgan fingerprint density at radius 1 is 1.28 bits per heavy atom. The summed E-state index contributed by atoms with van der Waals surface area (Å²) < 4.78 is 0. The molecule has 0 saturated heterocycles. The van der Waals surface area contributed by atoms with E-state index in [2.05, 4.69) is 10.3 Å². The number of Topliss-reactive ketones (excluding diaryl/α,β-unsaturated/α-hetero) is 1. The first kappa shape index (κ1) is 12.3. The summed E-state index contributed by atoms with van der Waals surface area (Å²) in [7, 11) is 0. The molecule has 0 saturated carbocycles. The highest BCUT2D eigenvalue weighted by molar-refractivity contribution is 5.98. The van der Waals surface area contributed by atoms with E-state index in [9.17, 15) is 4.79 Å². The number of carbonyl (C=O) groups is 1. The molecule has 1 aromatic heterocycles. The van der Waals surface area contributed by atoms with Crippen molar-refractivity contribution in [2.24, 2.45) is 0 Å². The smallest absolute Gasteiger partial charge is 0.176 e. The standard InChI is InChI=1S/C14H15N3O/c15-13-5-1-4-12(7-13)14(18)10-17-9-11-3-2-6-16-8-11/h1-8,17H,9-10,15H2. The predicted molar refractivity (Wildman–Crippen MR) is 71.1 cm³/mol. The zero-order chi connectivity index (χ0) is 12.8. The monoisotopic (exact) mass is 241 g/mol. The molecule has 4 heteroatoms. The van der Waals surface area contributed by atoms with Gasteiger partial charge in [0.2, 0.25) is 0 Å². The molecule has 0 radical (unpaired) electrons. The summed E-state index contributed by atoms with van der Waals surface area (Å²) in [6.45, 7) is 0.917. The van der Waals surface area contributed by atoms with E-state index in [4.69, 9.17) is 5.73 Å². The summed E-state index contributed by atoms with van der Waals surface area (Å²) in [6.07, 6.45) is 3.50. The van der Waals surface area contributed by atoms with Crippen LogP contribution in [-0.2, 0) is 6.54 Å². The third kappa shape index (κ3) is 3.40. The van der Waals surface area contributed by atoms with Crippen molar-refractivity contribution in [3.63, 3.8) is 0 Å². The van der Waals surface area contributed by atoms with Crippen LogP contribution < -0.4 is 11.1 Å². The van der Waals surface area contributed by atoms with Gasteiger partial charge in [-0.25, -0.2) is 0 Å². The normalized spacial score (nSPS) is 10.2. The molecule has 2 aromatic rings. The average molecular weight is 241 g/mol. The summed E-state index contributed by atoms with van der Waals surface area (Å²) in [5.74, 6) is 0.0335. The van der Waals surface area contributed by atoms with Crippen LogP contribution in [0.15, 0.2) is 48.8 Å². The van der Waals surface area contributed by atoms with Gasteiger partial charge >= 0.3 is 0 Å². The number of anilines is 1. The highest BCUT2D eigenvalue weighted by Gasteiger charge is 2.05. The van der Waals surface area contributed by atoms with Crippen LogP contribution in [0.2, 0.25) is 0 Å². The van der Waals surface area contributed by atoms with Gasteiger partial charge in [0.15, 0.2) is 5.78 Å². The predicted octanol–water partition coefficient (Wildman–Crippen LogP) is 1.64. The van der Waals surface area contributed by atoms with E-state index in [0.717, 1.165) is 5.56 Å². The van der Waals surface area contributed by atoms with Crippen molar-refractivity contribution in [3.8, 4) is 0 Å². The lowest BCUT2D eigenvalue weighted by Gasteiger charge is -2.04. The molecule has 1 aromatic carbocycles. The molecule has 0 unspecified atom stereocenters. The van der Waals surface area contributed by atoms with Crippen LogP contribution in [0.1, 0.15) is 15.9 Å². The molecule has 0 amide bonds. The molecular formula is C14H15N3O. The Hall–Kier alpha value is -2.20. The van der Waals surface area contributed by atoms with Gasteiger partial charge in [-0.2, -0.15) is 0 Å². The van der Waals surface area contributed by atoms with Crippen LogP contribution >= 0.6 is 0 Å². The van der Waals surface area contributed by atoms with Gasteiger partial charge in [-0.15, -0.1) is 0 Å². The van der Waals surface area contributed by atoms with E-state index >= 15 is 0 Å². The van der Waals surface area contributed by atoms with Gasteiger partial charge < -0.3 is 11.1 Å². The Morgan fingerprint density at radius 3 is 2.89 bits per heavy atom. The molecule has 0 fully saturated rings. The topological polar surface area (TPSA) is 68.0 Å². The molecule has 0 aliphatic heterocycles. The summed E-state index contributed by atoms with van der Waals surface area (Å²) in [5.41, 5.74) is 7.93. The van der Waals surface area contributed by atoms with Crippen molar-refractivity contribution >= 4 is 11.5 Å². The quantitative estimate of drug-likeness (QED) is 0.616. The van der Waals surface area contributed by atoms with E-state index in [-0.39, 0.29) is 5.78 Å². The summed E-state index contributed by atoms with van der Waals surface area (Å²) in [6, 6.07) is 10.8. The Kier molecular flexibility index (Phi) is 4.04. The number of nitrogens with two attached hydrogens (primary N) is 1. The Morgan fingerprint density at radius 2 is 2.17 bits per heavy atom. The van der Waals surface area contributed by atoms with Gasteiger partial charge in [-0.1, -0.05) is 18.2 Å². The zero-order valence-corrected chi connectivity index (χ0v) is 9.97. The number of nitrogens with zero attached hydrogens (tertiary/aromatic N) is 1.